The highest BCUT2D eigenvalue weighted by Crippen LogP contribution is 2.32. The third-order valence-electron chi connectivity index (χ3n) is 2.85. The molecule has 0 aliphatic carbocycles. The Bertz CT molecular complexity index is 205. The molecule has 82 valence electrons. The highest BCUT2D eigenvalue weighted by atomic mass is 16.7. The Morgan fingerprint density at radius 3 is 2.43 bits per heavy atom. The van der Waals surface area contributed by atoms with Gasteiger partial charge in [-0.05, 0) is 6.92 Å². The SMILES string of the molecule is C=CC(C)(C)C(O)CC1(C)OCCO1. The van der Waals surface area contributed by atoms with Crippen LogP contribution in [0.4, 0.5) is 0 Å². The van der Waals surface area contributed by atoms with E-state index in [1.54, 1.807) is 6.08 Å². The topological polar surface area (TPSA) is 38.7 Å². The van der Waals surface area contributed by atoms with Gasteiger partial charge in [0.15, 0.2) is 5.79 Å². The first-order valence-corrected chi connectivity index (χ1v) is 4.99. The van der Waals surface area contributed by atoms with Crippen LogP contribution in [-0.2, 0) is 9.47 Å². The molecule has 1 N–H and O–H groups in total. The van der Waals surface area contributed by atoms with Gasteiger partial charge in [0, 0.05) is 11.8 Å². The van der Waals surface area contributed by atoms with E-state index in [1.165, 1.54) is 0 Å². The lowest BCUT2D eigenvalue weighted by Gasteiger charge is -2.32. The second kappa shape index (κ2) is 4.01. The molecule has 0 amide bonds. The van der Waals surface area contributed by atoms with Gasteiger partial charge in [0.1, 0.15) is 0 Å². The van der Waals surface area contributed by atoms with Gasteiger partial charge in [0.25, 0.3) is 0 Å². The van der Waals surface area contributed by atoms with Gasteiger partial charge in [-0.15, -0.1) is 6.58 Å². The van der Waals surface area contributed by atoms with Crippen LogP contribution in [0.5, 0.6) is 0 Å². The minimum absolute atomic E-state index is 0.307. The lowest BCUT2D eigenvalue weighted by molar-refractivity contribution is -0.170. The zero-order valence-electron chi connectivity index (χ0n) is 9.25. The minimum Gasteiger partial charge on any atom is -0.392 e. The zero-order chi connectivity index (χ0) is 10.8. The zero-order valence-corrected chi connectivity index (χ0v) is 9.25. The predicted molar refractivity (Wildman–Crippen MR) is 54.9 cm³/mol. The number of aliphatic hydroxyl groups is 1. The van der Waals surface area contributed by atoms with Crippen LogP contribution in [0.15, 0.2) is 12.7 Å². The van der Waals surface area contributed by atoms with Crippen molar-refractivity contribution in [2.45, 2.75) is 39.1 Å². The van der Waals surface area contributed by atoms with E-state index in [0.29, 0.717) is 19.6 Å². The molecule has 0 bridgehead atoms. The van der Waals surface area contributed by atoms with Crippen LogP contribution >= 0.6 is 0 Å². The minimum atomic E-state index is -0.625. The average Bonchev–Trinajstić information content (AvgIpc) is 2.52. The molecule has 1 aliphatic heterocycles. The Labute approximate surface area is 85.7 Å². The summed E-state index contributed by atoms with van der Waals surface area (Å²) in [6.45, 7) is 10.7. The van der Waals surface area contributed by atoms with Crippen molar-refractivity contribution in [3.05, 3.63) is 12.7 Å². The third kappa shape index (κ3) is 2.56. The molecule has 1 heterocycles. The molecule has 0 saturated carbocycles. The molecular weight excluding hydrogens is 180 g/mol. The Balaban J connectivity index is 2.55. The lowest BCUT2D eigenvalue weighted by Crippen LogP contribution is -2.37. The molecule has 0 aromatic heterocycles. The second-order valence-corrected chi connectivity index (χ2v) is 4.58. The van der Waals surface area contributed by atoms with E-state index in [4.69, 9.17) is 9.47 Å². The largest absolute Gasteiger partial charge is 0.392 e. The molecule has 14 heavy (non-hydrogen) atoms. The number of hydrogen-bond acceptors (Lipinski definition) is 3. The first kappa shape index (κ1) is 11.7. The molecule has 1 atom stereocenters. The number of rotatable bonds is 4. The van der Waals surface area contributed by atoms with E-state index < -0.39 is 11.9 Å². The highest BCUT2D eigenvalue weighted by Gasteiger charge is 2.37. The maximum Gasteiger partial charge on any atom is 0.168 e. The molecule has 1 unspecified atom stereocenters. The summed E-state index contributed by atoms with van der Waals surface area (Å²) in [5, 5.41) is 9.97. The smallest absolute Gasteiger partial charge is 0.168 e. The van der Waals surface area contributed by atoms with E-state index in [1.807, 2.05) is 20.8 Å². The van der Waals surface area contributed by atoms with Crippen molar-refractivity contribution in [1.29, 1.82) is 0 Å². The van der Waals surface area contributed by atoms with Crippen molar-refractivity contribution < 1.29 is 14.6 Å². The Kier molecular flexibility index (Phi) is 3.35. The van der Waals surface area contributed by atoms with E-state index in [2.05, 4.69) is 6.58 Å². The van der Waals surface area contributed by atoms with Crippen LogP contribution < -0.4 is 0 Å². The van der Waals surface area contributed by atoms with Gasteiger partial charge >= 0.3 is 0 Å². The predicted octanol–water partition coefficient (Wildman–Crippen LogP) is 1.71. The van der Waals surface area contributed by atoms with Gasteiger partial charge in [-0.3, -0.25) is 0 Å². The summed E-state index contributed by atoms with van der Waals surface area (Å²) in [5.74, 6) is -0.625. The summed E-state index contributed by atoms with van der Waals surface area (Å²) in [6.07, 6.45) is 1.74. The molecule has 3 heteroatoms. The molecule has 0 aromatic carbocycles. The molecule has 0 radical (unpaired) electrons. The Hall–Kier alpha value is -0.380. The summed E-state index contributed by atoms with van der Waals surface area (Å²) in [4.78, 5) is 0. The second-order valence-electron chi connectivity index (χ2n) is 4.58. The van der Waals surface area contributed by atoms with E-state index >= 15 is 0 Å². The Morgan fingerprint density at radius 1 is 1.50 bits per heavy atom. The van der Waals surface area contributed by atoms with Crippen molar-refractivity contribution in [3.8, 4) is 0 Å². The van der Waals surface area contributed by atoms with Crippen LogP contribution in [0, 0.1) is 5.41 Å². The normalized spacial score (nSPS) is 23.4. The first-order chi connectivity index (χ1) is 6.40. The molecule has 0 aromatic rings. The average molecular weight is 200 g/mol. The number of ether oxygens (including phenoxy) is 2. The van der Waals surface area contributed by atoms with Gasteiger partial charge in [-0.25, -0.2) is 0 Å². The van der Waals surface area contributed by atoms with Crippen molar-refractivity contribution in [3.63, 3.8) is 0 Å². The molecule has 3 nitrogen and oxygen atoms in total. The van der Waals surface area contributed by atoms with Crippen LogP contribution in [-0.4, -0.2) is 30.2 Å². The fourth-order valence-corrected chi connectivity index (χ4v) is 1.42. The van der Waals surface area contributed by atoms with E-state index in [9.17, 15) is 5.11 Å². The van der Waals surface area contributed by atoms with Crippen molar-refractivity contribution >= 4 is 0 Å². The fourth-order valence-electron chi connectivity index (χ4n) is 1.42. The standard InChI is InChI=1S/C11H20O3/c1-5-10(2,3)9(12)8-11(4)13-6-7-14-11/h5,9,12H,1,6-8H2,2-4H3. The maximum absolute atomic E-state index is 9.97. The van der Waals surface area contributed by atoms with Gasteiger partial charge in [-0.2, -0.15) is 0 Å². The van der Waals surface area contributed by atoms with Crippen molar-refractivity contribution in [2.24, 2.45) is 5.41 Å². The molecule has 1 saturated heterocycles. The van der Waals surface area contributed by atoms with Gasteiger partial charge in [-0.1, -0.05) is 19.9 Å². The monoisotopic (exact) mass is 200 g/mol. The third-order valence-corrected chi connectivity index (χ3v) is 2.85. The summed E-state index contributed by atoms with van der Waals surface area (Å²) in [5.41, 5.74) is -0.307. The van der Waals surface area contributed by atoms with Crippen LogP contribution in [0.25, 0.3) is 0 Å². The van der Waals surface area contributed by atoms with Gasteiger partial charge in [0.2, 0.25) is 0 Å². The molecule has 1 aliphatic rings. The molecule has 1 rings (SSSR count). The van der Waals surface area contributed by atoms with Crippen LogP contribution in [0.1, 0.15) is 27.2 Å². The maximum atomic E-state index is 9.97. The Morgan fingerprint density at radius 2 is 2.00 bits per heavy atom. The summed E-state index contributed by atoms with van der Waals surface area (Å²) in [6, 6.07) is 0. The summed E-state index contributed by atoms with van der Waals surface area (Å²) in [7, 11) is 0. The van der Waals surface area contributed by atoms with E-state index in [0.717, 1.165) is 0 Å². The first-order valence-electron chi connectivity index (χ1n) is 4.99. The van der Waals surface area contributed by atoms with Gasteiger partial charge in [0.05, 0.1) is 19.3 Å². The molecule has 1 fully saturated rings. The molecule has 0 spiro atoms. The van der Waals surface area contributed by atoms with E-state index in [-0.39, 0.29) is 5.41 Å². The highest BCUT2D eigenvalue weighted by molar-refractivity contribution is 4.95. The van der Waals surface area contributed by atoms with Crippen LogP contribution in [0.2, 0.25) is 0 Å². The lowest BCUT2D eigenvalue weighted by atomic mass is 9.83. The fraction of sp³-hybridized carbons (Fsp3) is 0.818. The van der Waals surface area contributed by atoms with Crippen molar-refractivity contribution in [2.75, 3.05) is 13.2 Å². The molecular formula is C11H20O3. The summed E-state index contributed by atoms with van der Waals surface area (Å²) >= 11 is 0. The van der Waals surface area contributed by atoms with Crippen molar-refractivity contribution in [1.82, 2.24) is 0 Å². The van der Waals surface area contributed by atoms with Crippen LogP contribution in [0.3, 0.4) is 0 Å². The van der Waals surface area contributed by atoms with Gasteiger partial charge < -0.3 is 14.6 Å². The quantitative estimate of drug-likeness (QED) is 0.702. The number of hydrogen-bond donors (Lipinski definition) is 1. The number of aliphatic hydroxyl groups excluding tert-OH is 1. The summed E-state index contributed by atoms with van der Waals surface area (Å²) < 4.78 is 10.9.